The molecule has 110 valence electrons. The number of piperidine rings is 1. The van der Waals surface area contributed by atoms with Crippen molar-refractivity contribution in [2.75, 3.05) is 19.6 Å². The molecule has 1 fully saturated rings. The maximum Gasteiger partial charge on any atom is 0.332 e. The topological polar surface area (TPSA) is 98.7 Å². The normalized spacial score (nSPS) is 22.5. The third-order valence-corrected chi connectivity index (χ3v) is 3.67. The highest BCUT2D eigenvalue weighted by atomic mass is 16.4. The standard InChI is InChI=1S/C13H24N2O4/c1-9(10-3-2-5-14-8-10)7-12(17)15-6-4-11(16)13(18)19/h9-11,14,16H,2-8H2,1H3,(H,15,17)(H,18,19). The minimum absolute atomic E-state index is 0.0421. The number of aliphatic hydroxyl groups is 1. The number of carboxylic acid groups (broad SMARTS) is 1. The molecule has 0 aromatic rings. The molecule has 1 heterocycles. The van der Waals surface area contributed by atoms with Crippen molar-refractivity contribution in [1.82, 2.24) is 10.6 Å². The minimum Gasteiger partial charge on any atom is -0.479 e. The second-order valence-electron chi connectivity index (χ2n) is 5.28. The lowest BCUT2D eigenvalue weighted by atomic mass is 9.85. The lowest BCUT2D eigenvalue weighted by Gasteiger charge is -2.28. The number of aliphatic carboxylic acids is 1. The molecule has 19 heavy (non-hydrogen) atoms. The van der Waals surface area contributed by atoms with Gasteiger partial charge in [0.25, 0.3) is 0 Å². The second kappa shape index (κ2) is 8.12. The van der Waals surface area contributed by atoms with E-state index in [0.29, 0.717) is 18.3 Å². The molecular weight excluding hydrogens is 248 g/mol. The third kappa shape index (κ3) is 6.02. The van der Waals surface area contributed by atoms with E-state index < -0.39 is 12.1 Å². The van der Waals surface area contributed by atoms with E-state index in [2.05, 4.69) is 17.6 Å². The molecule has 1 amide bonds. The van der Waals surface area contributed by atoms with E-state index in [1.165, 1.54) is 0 Å². The Morgan fingerprint density at radius 2 is 2.21 bits per heavy atom. The summed E-state index contributed by atoms with van der Waals surface area (Å²) in [6, 6.07) is 0. The summed E-state index contributed by atoms with van der Waals surface area (Å²) >= 11 is 0. The lowest BCUT2D eigenvalue weighted by Crippen LogP contribution is -2.36. The van der Waals surface area contributed by atoms with Crippen LogP contribution in [0.15, 0.2) is 0 Å². The van der Waals surface area contributed by atoms with Crippen molar-refractivity contribution in [3.63, 3.8) is 0 Å². The largest absolute Gasteiger partial charge is 0.479 e. The molecule has 3 atom stereocenters. The zero-order valence-corrected chi connectivity index (χ0v) is 11.4. The Morgan fingerprint density at radius 1 is 1.47 bits per heavy atom. The Hall–Kier alpha value is -1.14. The summed E-state index contributed by atoms with van der Waals surface area (Å²) in [6.07, 6.45) is 1.40. The van der Waals surface area contributed by atoms with E-state index in [9.17, 15) is 9.59 Å². The van der Waals surface area contributed by atoms with Crippen molar-refractivity contribution in [3.8, 4) is 0 Å². The Balaban J connectivity index is 2.17. The van der Waals surface area contributed by atoms with E-state index >= 15 is 0 Å². The van der Waals surface area contributed by atoms with Crippen LogP contribution in [0.5, 0.6) is 0 Å². The number of amides is 1. The Bertz CT molecular complexity index is 303. The predicted octanol–water partition coefficient (Wildman–Crippen LogP) is -0.0360. The van der Waals surface area contributed by atoms with Crippen molar-refractivity contribution in [2.45, 2.75) is 38.7 Å². The third-order valence-electron chi connectivity index (χ3n) is 3.67. The van der Waals surface area contributed by atoms with Crippen LogP contribution in [0.3, 0.4) is 0 Å². The molecule has 1 rings (SSSR count). The first-order valence-electron chi connectivity index (χ1n) is 6.89. The summed E-state index contributed by atoms with van der Waals surface area (Å²) in [6.45, 7) is 4.29. The molecule has 0 aromatic heterocycles. The first-order chi connectivity index (χ1) is 9.00. The Morgan fingerprint density at radius 3 is 2.79 bits per heavy atom. The fourth-order valence-corrected chi connectivity index (χ4v) is 2.37. The van der Waals surface area contributed by atoms with Gasteiger partial charge in [0.15, 0.2) is 6.10 Å². The Labute approximate surface area is 113 Å². The van der Waals surface area contributed by atoms with Crippen LogP contribution < -0.4 is 10.6 Å². The van der Waals surface area contributed by atoms with Crippen molar-refractivity contribution in [1.29, 1.82) is 0 Å². The van der Waals surface area contributed by atoms with E-state index in [1.54, 1.807) is 0 Å². The number of nitrogens with one attached hydrogen (secondary N) is 2. The zero-order chi connectivity index (χ0) is 14.3. The van der Waals surface area contributed by atoms with Crippen LogP contribution in [-0.2, 0) is 9.59 Å². The summed E-state index contributed by atoms with van der Waals surface area (Å²) in [5.74, 6) is -0.479. The average molecular weight is 272 g/mol. The molecule has 0 aliphatic carbocycles. The number of carboxylic acids is 1. The summed E-state index contributed by atoms with van der Waals surface area (Å²) in [7, 11) is 0. The summed E-state index contributed by atoms with van der Waals surface area (Å²) < 4.78 is 0. The monoisotopic (exact) mass is 272 g/mol. The number of carbonyl (C=O) groups is 2. The molecule has 0 radical (unpaired) electrons. The molecule has 6 heteroatoms. The van der Waals surface area contributed by atoms with Crippen LogP contribution >= 0.6 is 0 Å². The van der Waals surface area contributed by atoms with Gasteiger partial charge in [-0.1, -0.05) is 6.92 Å². The quantitative estimate of drug-likeness (QED) is 0.521. The summed E-state index contributed by atoms with van der Waals surface area (Å²) in [5.41, 5.74) is 0. The number of hydrogen-bond acceptors (Lipinski definition) is 4. The highest BCUT2D eigenvalue weighted by molar-refractivity contribution is 5.76. The van der Waals surface area contributed by atoms with Gasteiger partial charge in [-0.25, -0.2) is 4.79 Å². The molecule has 1 aliphatic heterocycles. The number of aliphatic hydroxyl groups excluding tert-OH is 1. The van der Waals surface area contributed by atoms with Gasteiger partial charge in [0.05, 0.1) is 0 Å². The van der Waals surface area contributed by atoms with Crippen LogP contribution in [0.25, 0.3) is 0 Å². The van der Waals surface area contributed by atoms with Crippen molar-refractivity contribution in [3.05, 3.63) is 0 Å². The van der Waals surface area contributed by atoms with Gasteiger partial charge in [-0.3, -0.25) is 4.79 Å². The fraction of sp³-hybridized carbons (Fsp3) is 0.846. The lowest BCUT2D eigenvalue weighted by molar-refractivity contribution is -0.147. The van der Waals surface area contributed by atoms with Gasteiger partial charge < -0.3 is 20.8 Å². The van der Waals surface area contributed by atoms with Crippen molar-refractivity contribution < 1.29 is 19.8 Å². The van der Waals surface area contributed by atoms with Crippen LogP contribution in [0, 0.1) is 11.8 Å². The SMILES string of the molecule is CC(CC(=O)NCCC(O)C(=O)O)C1CCCNC1. The number of carbonyl (C=O) groups excluding carboxylic acids is 1. The molecule has 4 N–H and O–H groups in total. The van der Waals surface area contributed by atoms with Gasteiger partial charge in [0.1, 0.15) is 0 Å². The van der Waals surface area contributed by atoms with Gasteiger partial charge in [0, 0.05) is 19.4 Å². The van der Waals surface area contributed by atoms with Crippen LogP contribution in [-0.4, -0.2) is 47.8 Å². The molecule has 6 nitrogen and oxygen atoms in total. The summed E-state index contributed by atoms with van der Waals surface area (Å²) in [5, 5.41) is 23.5. The van der Waals surface area contributed by atoms with Crippen molar-refractivity contribution >= 4 is 11.9 Å². The maximum absolute atomic E-state index is 11.7. The molecule has 1 saturated heterocycles. The van der Waals surface area contributed by atoms with Gasteiger partial charge in [0.2, 0.25) is 5.91 Å². The van der Waals surface area contributed by atoms with E-state index in [4.69, 9.17) is 10.2 Å². The highest BCUT2D eigenvalue weighted by Crippen LogP contribution is 2.22. The van der Waals surface area contributed by atoms with Gasteiger partial charge in [-0.05, 0) is 37.8 Å². The highest BCUT2D eigenvalue weighted by Gasteiger charge is 2.22. The van der Waals surface area contributed by atoms with Crippen molar-refractivity contribution in [2.24, 2.45) is 11.8 Å². The molecule has 0 aromatic carbocycles. The van der Waals surface area contributed by atoms with Crippen LogP contribution in [0.4, 0.5) is 0 Å². The second-order valence-corrected chi connectivity index (χ2v) is 5.28. The summed E-state index contributed by atoms with van der Waals surface area (Å²) in [4.78, 5) is 22.1. The maximum atomic E-state index is 11.7. The van der Waals surface area contributed by atoms with Crippen LogP contribution in [0.2, 0.25) is 0 Å². The number of hydrogen-bond donors (Lipinski definition) is 4. The number of rotatable bonds is 7. The molecular formula is C13H24N2O4. The molecule has 0 saturated carbocycles. The molecule has 1 aliphatic rings. The van der Waals surface area contributed by atoms with E-state index in [-0.39, 0.29) is 18.9 Å². The van der Waals surface area contributed by atoms with Gasteiger partial charge in [-0.15, -0.1) is 0 Å². The minimum atomic E-state index is -1.40. The predicted molar refractivity (Wildman–Crippen MR) is 70.6 cm³/mol. The van der Waals surface area contributed by atoms with Crippen LogP contribution in [0.1, 0.15) is 32.6 Å². The first-order valence-corrected chi connectivity index (χ1v) is 6.89. The first kappa shape index (κ1) is 15.9. The van der Waals surface area contributed by atoms with E-state index in [0.717, 1.165) is 25.9 Å². The smallest absolute Gasteiger partial charge is 0.332 e. The Kier molecular flexibility index (Phi) is 6.80. The molecule has 0 spiro atoms. The molecule has 0 bridgehead atoms. The van der Waals surface area contributed by atoms with Gasteiger partial charge >= 0.3 is 5.97 Å². The average Bonchev–Trinajstić information content (AvgIpc) is 2.39. The fourth-order valence-electron chi connectivity index (χ4n) is 2.37. The van der Waals surface area contributed by atoms with Gasteiger partial charge in [-0.2, -0.15) is 0 Å². The zero-order valence-electron chi connectivity index (χ0n) is 11.4. The molecule has 3 unspecified atom stereocenters. The van der Waals surface area contributed by atoms with E-state index in [1.807, 2.05) is 0 Å².